The number of primary amides is 1. The zero-order valence-electron chi connectivity index (χ0n) is 7.68. The fourth-order valence-electron chi connectivity index (χ4n) is 1.74. The van der Waals surface area contributed by atoms with Crippen molar-refractivity contribution < 1.29 is 4.79 Å². The maximum Gasteiger partial charge on any atom is 0.220 e. The van der Waals surface area contributed by atoms with Crippen molar-refractivity contribution in [1.82, 2.24) is 5.32 Å². The molecular weight excluding hydrogens is 152 g/mol. The van der Waals surface area contributed by atoms with Crippen LogP contribution in [0.1, 0.15) is 26.2 Å². The van der Waals surface area contributed by atoms with Gasteiger partial charge in [0.05, 0.1) is 0 Å². The zero-order valence-corrected chi connectivity index (χ0v) is 7.68. The zero-order chi connectivity index (χ0) is 8.97. The van der Waals surface area contributed by atoms with E-state index in [-0.39, 0.29) is 11.8 Å². The topological polar surface area (TPSA) is 55.1 Å². The summed E-state index contributed by atoms with van der Waals surface area (Å²) in [5.41, 5.74) is 5.19. The van der Waals surface area contributed by atoms with Crippen LogP contribution in [0.4, 0.5) is 0 Å². The van der Waals surface area contributed by atoms with Gasteiger partial charge in [-0.3, -0.25) is 4.79 Å². The van der Waals surface area contributed by atoms with Crippen LogP contribution in [0.15, 0.2) is 0 Å². The molecule has 1 fully saturated rings. The van der Waals surface area contributed by atoms with Crippen molar-refractivity contribution in [2.75, 3.05) is 13.1 Å². The van der Waals surface area contributed by atoms with E-state index >= 15 is 0 Å². The van der Waals surface area contributed by atoms with Crippen molar-refractivity contribution in [3.05, 3.63) is 0 Å². The largest absolute Gasteiger partial charge is 0.369 e. The second-order valence-electron chi connectivity index (χ2n) is 3.75. The average Bonchev–Trinajstić information content (AvgIpc) is 2.06. The van der Waals surface area contributed by atoms with E-state index in [2.05, 4.69) is 5.32 Å². The van der Waals surface area contributed by atoms with E-state index in [0.29, 0.717) is 5.92 Å². The molecule has 0 aromatic rings. The van der Waals surface area contributed by atoms with Gasteiger partial charge >= 0.3 is 0 Å². The lowest BCUT2D eigenvalue weighted by Gasteiger charge is -2.24. The molecule has 1 heterocycles. The predicted molar refractivity (Wildman–Crippen MR) is 48.6 cm³/mol. The minimum absolute atomic E-state index is 0.0369. The normalized spacial score (nSPS) is 26.6. The van der Waals surface area contributed by atoms with Crippen LogP contribution >= 0.6 is 0 Å². The summed E-state index contributed by atoms with van der Waals surface area (Å²) >= 11 is 0. The van der Waals surface area contributed by atoms with Crippen molar-refractivity contribution in [3.8, 4) is 0 Å². The second-order valence-corrected chi connectivity index (χ2v) is 3.75. The highest BCUT2D eigenvalue weighted by Gasteiger charge is 2.18. The Balaban J connectivity index is 2.24. The number of piperidine rings is 1. The van der Waals surface area contributed by atoms with Crippen LogP contribution in [0.2, 0.25) is 0 Å². The first-order chi connectivity index (χ1) is 5.70. The molecule has 0 radical (unpaired) electrons. The molecule has 3 N–H and O–H groups in total. The Morgan fingerprint density at radius 2 is 2.50 bits per heavy atom. The third kappa shape index (κ3) is 2.81. The first-order valence-corrected chi connectivity index (χ1v) is 4.70. The van der Waals surface area contributed by atoms with Crippen LogP contribution in [-0.2, 0) is 4.79 Å². The Hall–Kier alpha value is -0.570. The minimum Gasteiger partial charge on any atom is -0.369 e. The molecule has 1 saturated heterocycles. The Labute approximate surface area is 73.7 Å². The lowest BCUT2D eigenvalue weighted by atomic mass is 9.89. The fraction of sp³-hybridized carbons (Fsp3) is 0.889. The Bertz CT molecular complexity index is 153. The molecule has 1 amide bonds. The first-order valence-electron chi connectivity index (χ1n) is 4.70. The molecule has 0 aliphatic carbocycles. The van der Waals surface area contributed by atoms with Crippen LogP contribution < -0.4 is 11.1 Å². The molecule has 2 atom stereocenters. The first kappa shape index (κ1) is 9.52. The Morgan fingerprint density at radius 3 is 3.00 bits per heavy atom. The maximum atomic E-state index is 10.8. The van der Waals surface area contributed by atoms with Crippen molar-refractivity contribution in [3.63, 3.8) is 0 Å². The highest BCUT2D eigenvalue weighted by Crippen LogP contribution is 2.18. The molecule has 3 heteroatoms. The molecule has 0 spiro atoms. The predicted octanol–water partition coefficient (Wildman–Crippen LogP) is 0.497. The lowest BCUT2D eigenvalue weighted by molar-refractivity contribution is -0.121. The van der Waals surface area contributed by atoms with Gasteiger partial charge in [-0.15, -0.1) is 0 Å². The Kier molecular flexibility index (Phi) is 3.53. The van der Waals surface area contributed by atoms with Gasteiger partial charge < -0.3 is 11.1 Å². The number of carbonyl (C=O) groups excluding carboxylic acids is 1. The highest BCUT2D eigenvalue weighted by molar-refractivity contribution is 5.76. The van der Waals surface area contributed by atoms with Crippen LogP contribution in [0.5, 0.6) is 0 Å². The van der Waals surface area contributed by atoms with Gasteiger partial charge in [0.15, 0.2) is 0 Å². The molecule has 0 bridgehead atoms. The van der Waals surface area contributed by atoms with Crippen molar-refractivity contribution >= 4 is 5.91 Å². The van der Waals surface area contributed by atoms with E-state index in [1.165, 1.54) is 12.8 Å². The van der Waals surface area contributed by atoms with Gasteiger partial charge in [0.25, 0.3) is 0 Å². The highest BCUT2D eigenvalue weighted by atomic mass is 16.1. The van der Waals surface area contributed by atoms with E-state index in [9.17, 15) is 4.79 Å². The van der Waals surface area contributed by atoms with Crippen molar-refractivity contribution in [2.45, 2.75) is 26.2 Å². The van der Waals surface area contributed by atoms with Gasteiger partial charge in [-0.2, -0.15) is 0 Å². The molecule has 0 aromatic carbocycles. The molecule has 1 aliphatic heterocycles. The van der Waals surface area contributed by atoms with Crippen LogP contribution in [-0.4, -0.2) is 19.0 Å². The summed E-state index contributed by atoms with van der Waals surface area (Å²) in [6.45, 7) is 4.09. The molecule has 1 rings (SSSR count). The standard InChI is InChI=1S/C9H18N2O/c1-7(9(10)12)5-8-3-2-4-11-6-8/h7-8,11H,2-6H2,1H3,(H2,10,12)/t7-,8-/m0/s1. The monoisotopic (exact) mass is 170 g/mol. The fourth-order valence-corrected chi connectivity index (χ4v) is 1.74. The summed E-state index contributed by atoms with van der Waals surface area (Å²) < 4.78 is 0. The SMILES string of the molecule is C[C@@H](C[C@@H]1CCCNC1)C(N)=O. The molecule has 0 saturated carbocycles. The molecule has 3 nitrogen and oxygen atoms in total. The smallest absolute Gasteiger partial charge is 0.220 e. The van der Waals surface area contributed by atoms with Crippen LogP contribution in [0.25, 0.3) is 0 Å². The maximum absolute atomic E-state index is 10.8. The average molecular weight is 170 g/mol. The van der Waals surface area contributed by atoms with Gasteiger partial charge in [0.1, 0.15) is 0 Å². The third-order valence-electron chi connectivity index (χ3n) is 2.57. The number of nitrogens with two attached hydrogens (primary N) is 1. The molecule has 70 valence electrons. The van der Waals surface area contributed by atoms with Crippen LogP contribution in [0.3, 0.4) is 0 Å². The number of hydrogen-bond acceptors (Lipinski definition) is 2. The summed E-state index contributed by atoms with van der Waals surface area (Å²) in [6, 6.07) is 0. The van der Waals surface area contributed by atoms with E-state index in [1.54, 1.807) is 0 Å². The van der Waals surface area contributed by atoms with Gasteiger partial charge in [-0.1, -0.05) is 6.92 Å². The third-order valence-corrected chi connectivity index (χ3v) is 2.57. The minimum atomic E-state index is -0.166. The lowest BCUT2D eigenvalue weighted by Crippen LogP contribution is -2.32. The number of carbonyl (C=O) groups is 1. The van der Waals surface area contributed by atoms with Gasteiger partial charge in [0.2, 0.25) is 5.91 Å². The van der Waals surface area contributed by atoms with Gasteiger partial charge in [0, 0.05) is 5.92 Å². The van der Waals surface area contributed by atoms with Crippen LogP contribution in [0, 0.1) is 11.8 Å². The van der Waals surface area contributed by atoms with Gasteiger partial charge in [-0.05, 0) is 38.3 Å². The molecule has 1 aliphatic rings. The van der Waals surface area contributed by atoms with Crippen molar-refractivity contribution in [2.24, 2.45) is 17.6 Å². The molecule has 12 heavy (non-hydrogen) atoms. The van der Waals surface area contributed by atoms with E-state index in [0.717, 1.165) is 19.5 Å². The summed E-state index contributed by atoms with van der Waals surface area (Å²) in [4.78, 5) is 10.8. The summed E-state index contributed by atoms with van der Waals surface area (Å²) in [5.74, 6) is 0.525. The number of rotatable bonds is 3. The van der Waals surface area contributed by atoms with Crippen molar-refractivity contribution in [1.29, 1.82) is 0 Å². The summed E-state index contributed by atoms with van der Waals surface area (Å²) in [5, 5.41) is 3.33. The molecule has 0 unspecified atom stereocenters. The van der Waals surface area contributed by atoms with E-state index in [4.69, 9.17) is 5.73 Å². The summed E-state index contributed by atoms with van der Waals surface area (Å²) in [7, 11) is 0. The number of hydrogen-bond donors (Lipinski definition) is 2. The van der Waals surface area contributed by atoms with E-state index in [1.807, 2.05) is 6.92 Å². The molecule has 0 aromatic heterocycles. The van der Waals surface area contributed by atoms with Gasteiger partial charge in [-0.25, -0.2) is 0 Å². The van der Waals surface area contributed by atoms with E-state index < -0.39 is 0 Å². The Morgan fingerprint density at radius 1 is 1.75 bits per heavy atom. The second kappa shape index (κ2) is 4.45. The number of nitrogens with one attached hydrogen (secondary N) is 1. The summed E-state index contributed by atoms with van der Waals surface area (Å²) in [6.07, 6.45) is 3.42. The molecular formula is C9H18N2O. The quantitative estimate of drug-likeness (QED) is 0.648. The number of amides is 1.